The predicted octanol–water partition coefficient (Wildman–Crippen LogP) is 4.12. The molecule has 1 aromatic carbocycles. The lowest BCUT2D eigenvalue weighted by molar-refractivity contribution is -0.274. The lowest BCUT2D eigenvalue weighted by Crippen LogP contribution is -2.17. The van der Waals surface area contributed by atoms with Crippen molar-refractivity contribution in [3.63, 3.8) is 0 Å². The zero-order valence-corrected chi connectivity index (χ0v) is 16.9. The van der Waals surface area contributed by atoms with Gasteiger partial charge in [0, 0.05) is 18.3 Å². The number of alkyl halides is 3. The molecule has 2 heterocycles. The summed E-state index contributed by atoms with van der Waals surface area (Å²) in [6.45, 7) is 1.74. The molecule has 0 spiro atoms. The molecular weight excluding hydrogens is 434 g/mol. The van der Waals surface area contributed by atoms with Gasteiger partial charge in [-0.3, -0.25) is 0 Å². The van der Waals surface area contributed by atoms with E-state index in [-0.39, 0.29) is 35.6 Å². The standard InChI is InChI=1S/C20H19F4N5O3/c1-11(30)8-26-19-27-10-15(21)17(29-19)28-16-7-13(9-25-18(16)31-2)12-3-5-14(6-4-12)32-20(22,23)24/h3-7,9-11,30H,8H2,1-2H3,(H2,26,27,28,29)/t11-/m1/s1. The van der Waals surface area contributed by atoms with Gasteiger partial charge in [-0.1, -0.05) is 12.1 Å². The smallest absolute Gasteiger partial charge is 0.480 e. The van der Waals surface area contributed by atoms with Crippen LogP contribution in [0.3, 0.4) is 0 Å². The van der Waals surface area contributed by atoms with Crippen LogP contribution < -0.4 is 20.1 Å². The van der Waals surface area contributed by atoms with Crippen LogP contribution in [-0.2, 0) is 0 Å². The molecule has 0 aliphatic carbocycles. The number of hydrogen-bond donors (Lipinski definition) is 3. The van der Waals surface area contributed by atoms with Gasteiger partial charge in [-0.2, -0.15) is 4.98 Å². The molecular formula is C20H19F4N5O3. The number of hydrogen-bond acceptors (Lipinski definition) is 8. The van der Waals surface area contributed by atoms with Crippen molar-refractivity contribution in [3.8, 4) is 22.8 Å². The van der Waals surface area contributed by atoms with Crippen molar-refractivity contribution in [1.29, 1.82) is 0 Å². The molecule has 12 heteroatoms. The summed E-state index contributed by atoms with van der Waals surface area (Å²) in [5, 5.41) is 14.9. The molecule has 0 amide bonds. The van der Waals surface area contributed by atoms with E-state index >= 15 is 0 Å². The zero-order valence-electron chi connectivity index (χ0n) is 16.9. The fourth-order valence-electron chi connectivity index (χ4n) is 2.62. The van der Waals surface area contributed by atoms with Crippen LogP contribution in [0.1, 0.15) is 6.92 Å². The molecule has 0 radical (unpaired) electrons. The second kappa shape index (κ2) is 9.64. The van der Waals surface area contributed by atoms with Crippen LogP contribution in [0.5, 0.6) is 11.6 Å². The number of ether oxygens (including phenoxy) is 2. The number of halogens is 4. The summed E-state index contributed by atoms with van der Waals surface area (Å²) < 4.78 is 60.4. The van der Waals surface area contributed by atoms with E-state index in [4.69, 9.17) is 4.74 Å². The van der Waals surface area contributed by atoms with E-state index in [9.17, 15) is 22.7 Å². The van der Waals surface area contributed by atoms with Crippen LogP contribution in [0.15, 0.2) is 42.7 Å². The zero-order chi connectivity index (χ0) is 23.3. The average Bonchev–Trinajstić information content (AvgIpc) is 2.73. The minimum Gasteiger partial charge on any atom is -0.480 e. The van der Waals surface area contributed by atoms with Gasteiger partial charge in [0.2, 0.25) is 11.8 Å². The summed E-state index contributed by atoms with van der Waals surface area (Å²) in [4.78, 5) is 12.0. The third-order valence-corrected chi connectivity index (χ3v) is 4.02. The molecule has 0 saturated heterocycles. The number of aliphatic hydroxyl groups is 1. The highest BCUT2D eigenvalue weighted by atomic mass is 19.4. The first-order chi connectivity index (χ1) is 15.1. The number of anilines is 3. The molecule has 3 rings (SSSR count). The lowest BCUT2D eigenvalue weighted by Gasteiger charge is -2.14. The number of aliphatic hydroxyl groups excluding tert-OH is 1. The average molecular weight is 453 g/mol. The Morgan fingerprint density at radius 2 is 1.81 bits per heavy atom. The van der Waals surface area contributed by atoms with Crippen molar-refractivity contribution < 1.29 is 32.1 Å². The van der Waals surface area contributed by atoms with Crippen molar-refractivity contribution in [2.45, 2.75) is 19.4 Å². The Labute approximate surface area is 180 Å². The topological polar surface area (TPSA) is 101 Å². The highest BCUT2D eigenvalue weighted by Gasteiger charge is 2.31. The van der Waals surface area contributed by atoms with Crippen molar-refractivity contribution in [2.24, 2.45) is 0 Å². The maximum Gasteiger partial charge on any atom is 0.573 e. The Balaban J connectivity index is 1.87. The molecule has 0 unspecified atom stereocenters. The third-order valence-electron chi connectivity index (χ3n) is 4.02. The van der Waals surface area contributed by atoms with Gasteiger partial charge in [0.15, 0.2) is 11.6 Å². The Hall–Kier alpha value is -3.67. The second-order valence-electron chi connectivity index (χ2n) is 6.60. The second-order valence-corrected chi connectivity index (χ2v) is 6.60. The van der Waals surface area contributed by atoms with Crippen LogP contribution in [0.4, 0.5) is 35.0 Å². The molecule has 0 saturated carbocycles. The lowest BCUT2D eigenvalue weighted by atomic mass is 10.1. The number of methoxy groups -OCH3 is 1. The summed E-state index contributed by atoms with van der Waals surface area (Å²) in [6, 6.07) is 6.78. The molecule has 32 heavy (non-hydrogen) atoms. The highest BCUT2D eigenvalue weighted by Crippen LogP contribution is 2.32. The van der Waals surface area contributed by atoms with Crippen molar-refractivity contribution in [2.75, 3.05) is 24.3 Å². The fraction of sp³-hybridized carbons (Fsp3) is 0.250. The summed E-state index contributed by atoms with van der Waals surface area (Å²) in [5.41, 5.74) is 1.33. The Bertz CT molecular complexity index is 1060. The molecule has 8 nitrogen and oxygen atoms in total. The van der Waals surface area contributed by atoms with Crippen LogP contribution in [0.25, 0.3) is 11.1 Å². The van der Waals surface area contributed by atoms with Crippen LogP contribution in [0, 0.1) is 5.82 Å². The fourth-order valence-corrected chi connectivity index (χ4v) is 2.62. The maximum absolute atomic E-state index is 14.3. The SMILES string of the molecule is COc1ncc(-c2ccc(OC(F)(F)F)cc2)cc1Nc1nc(NC[C@@H](C)O)ncc1F. The molecule has 0 fully saturated rings. The summed E-state index contributed by atoms with van der Waals surface area (Å²) in [5.74, 6) is -1.03. The van der Waals surface area contributed by atoms with E-state index in [1.165, 1.54) is 37.6 Å². The maximum atomic E-state index is 14.3. The Morgan fingerprint density at radius 1 is 1.09 bits per heavy atom. The Morgan fingerprint density at radius 3 is 2.44 bits per heavy atom. The molecule has 170 valence electrons. The summed E-state index contributed by atoms with van der Waals surface area (Å²) >= 11 is 0. The summed E-state index contributed by atoms with van der Waals surface area (Å²) in [6.07, 6.45) is -3.03. The van der Waals surface area contributed by atoms with E-state index in [0.29, 0.717) is 11.1 Å². The van der Waals surface area contributed by atoms with Gasteiger partial charge in [-0.25, -0.2) is 14.4 Å². The Kier molecular flexibility index (Phi) is 6.93. The van der Waals surface area contributed by atoms with Crippen molar-refractivity contribution in [1.82, 2.24) is 15.0 Å². The minimum atomic E-state index is -4.79. The van der Waals surface area contributed by atoms with Crippen LogP contribution in [0.2, 0.25) is 0 Å². The third kappa shape index (κ3) is 6.17. The first kappa shape index (κ1) is 23.0. The summed E-state index contributed by atoms with van der Waals surface area (Å²) in [7, 11) is 1.38. The number of benzene rings is 1. The number of rotatable bonds is 8. The first-order valence-electron chi connectivity index (χ1n) is 9.26. The molecule has 1 atom stereocenters. The van der Waals surface area contributed by atoms with Gasteiger partial charge in [-0.15, -0.1) is 13.2 Å². The number of nitrogens with one attached hydrogen (secondary N) is 2. The first-order valence-corrected chi connectivity index (χ1v) is 9.26. The molecule has 0 aliphatic rings. The van der Waals surface area contributed by atoms with Crippen molar-refractivity contribution >= 4 is 17.5 Å². The molecule has 3 aromatic rings. The van der Waals surface area contributed by atoms with Gasteiger partial charge in [0.25, 0.3) is 0 Å². The molecule has 3 N–H and O–H groups in total. The number of pyridine rings is 1. The van der Waals surface area contributed by atoms with Crippen LogP contribution >= 0.6 is 0 Å². The normalized spacial score (nSPS) is 12.2. The van der Waals surface area contributed by atoms with Gasteiger partial charge in [0.1, 0.15) is 11.4 Å². The minimum absolute atomic E-state index is 0.0955. The van der Waals surface area contributed by atoms with Gasteiger partial charge >= 0.3 is 6.36 Å². The quantitative estimate of drug-likeness (QED) is 0.438. The van der Waals surface area contributed by atoms with E-state index in [0.717, 1.165) is 6.20 Å². The molecule has 0 bridgehead atoms. The van der Waals surface area contributed by atoms with E-state index in [1.807, 2.05) is 0 Å². The van der Waals surface area contributed by atoms with Gasteiger partial charge in [0.05, 0.1) is 19.4 Å². The largest absolute Gasteiger partial charge is 0.573 e. The number of aromatic nitrogens is 3. The van der Waals surface area contributed by atoms with E-state index in [1.54, 1.807) is 13.0 Å². The van der Waals surface area contributed by atoms with E-state index < -0.39 is 18.3 Å². The molecule has 0 aliphatic heterocycles. The number of nitrogens with zero attached hydrogens (tertiary/aromatic N) is 3. The molecule has 2 aromatic heterocycles. The van der Waals surface area contributed by atoms with Gasteiger partial charge < -0.3 is 25.2 Å². The van der Waals surface area contributed by atoms with Gasteiger partial charge in [-0.05, 0) is 30.7 Å². The monoisotopic (exact) mass is 453 g/mol. The highest BCUT2D eigenvalue weighted by molar-refractivity contribution is 5.72. The van der Waals surface area contributed by atoms with Crippen LogP contribution in [-0.4, -0.2) is 46.2 Å². The predicted molar refractivity (Wildman–Crippen MR) is 108 cm³/mol. The van der Waals surface area contributed by atoms with Crippen molar-refractivity contribution in [3.05, 3.63) is 48.5 Å². The van der Waals surface area contributed by atoms with E-state index in [2.05, 4.69) is 30.3 Å².